The van der Waals surface area contributed by atoms with Crippen LogP contribution in [0.2, 0.25) is 0 Å². The van der Waals surface area contributed by atoms with Crippen LogP contribution in [0.1, 0.15) is 39.8 Å². The molecule has 1 aromatic carbocycles. The van der Waals surface area contributed by atoms with Crippen molar-refractivity contribution in [3.8, 4) is 5.75 Å². The molecule has 2 aromatic rings. The van der Waals surface area contributed by atoms with Crippen molar-refractivity contribution >= 4 is 11.8 Å². The molecule has 0 spiro atoms. The number of carbonyl (C=O) groups excluding carboxylic acids is 2. The number of fused-ring (bicyclic) bond motifs is 1. The molecule has 1 aliphatic heterocycles. The second kappa shape index (κ2) is 8.82. The average Bonchev–Trinajstić information content (AvgIpc) is 2.72. The Morgan fingerprint density at radius 3 is 2.65 bits per heavy atom. The van der Waals surface area contributed by atoms with Gasteiger partial charge < -0.3 is 20.1 Å². The van der Waals surface area contributed by atoms with Gasteiger partial charge in [0.25, 0.3) is 11.8 Å². The minimum atomic E-state index is -1.04. The lowest BCUT2D eigenvalue weighted by molar-refractivity contribution is -0.0583. The van der Waals surface area contributed by atoms with Gasteiger partial charge in [-0.05, 0) is 19.4 Å². The summed E-state index contributed by atoms with van der Waals surface area (Å²) in [4.78, 5) is 37.7. The average molecular weight is 436 g/mol. The number of hydrazine groups is 1. The summed E-state index contributed by atoms with van der Waals surface area (Å²) in [6, 6.07) is 2.63. The zero-order valence-electron chi connectivity index (χ0n) is 16.9. The smallest absolute Gasteiger partial charge is 0.288 e. The van der Waals surface area contributed by atoms with Crippen molar-refractivity contribution in [1.29, 1.82) is 0 Å². The zero-order chi connectivity index (χ0) is 22.9. The first kappa shape index (κ1) is 22.4. The molecular weight excluding hydrogens is 414 g/mol. The lowest BCUT2D eigenvalue weighted by Gasteiger charge is -2.41. The summed E-state index contributed by atoms with van der Waals surface area (Å²) < 4.78 is 28.1. The molecule has 0 aliphatic carbocycles. The number of amides is 2. The van der Waals surface area contributed by atoms with Crippen molar-refractivity contribution < 1.29 is 28.6 Å². The number of aromatic hydroxyl groups is 1. The second-order valence-electron chi connectivity index (χ2n) is 7.23. The Hall–Kier alpha value is -3.31. The van der Waals surface area contributed by atoms with Crippen LogP contribution in [0.15, 0.2) is 29.2 Å². The standard InChI is InChI=1S/C20H22F2N4O5/c1-11(5-6-27)26-10-25-9-14(17(28)18(29)16(25)20(31)24(26)2)19(30)23-8-12-3-4-13(21)7-15(12)22/h3-4,7,9,11,27,29H,5-6,8,10H2,1-2H3,(H,23,30). The summed E-state index contributed by atoms with van der Waals surface area (Å²) in [6.07, 6.45) is 1.52. The maximum Gasteiger partial charge on any atom is 0.288 e. The molecule has 1 aliphatic rings. The van der Waals surface area contributed by atoms with Gasteiger partial charge in [0.1, 0.15) is 17.2 Å². The van der Waals surface area contributed by atoms with Gasteiger partial charge in [0.15, 0.2) is 11.4 Å². The molecule has 1 atom stereocenters. The normalized spacial score (nSPS) is 15.0. The van der Waals surface area contributed by atoms with Crippen LogP contribution in [0, 0.1) is 11.6 Å². The van der Waals surface area contributed by atoms with E-state index in [-0.39, 0.29) is 37.1 Å². The van der Waals surface area contributed by atoms with E-state index in [0.717, 1.165) is 18.3 Å². The molecule has 0 bridgehead atoms. The number of hydrogen-bond donors (Lipinski definition) is 3. The quantitative estimate of drug-likeness (QED) is 0.617. The minimum Gasteiger partial charge on any atom is -0.503 e. The predicted molar refractivity (Wildman–Crippen MR) is 105 cm³/mol. The van der Waals surface area contributed by atoms with Gasteiger partial charge >= 0.3 is 0 Å². The number of aromatic nitrogens is 1. The van der Waals surface area contributed by atoms with Crippen LogP contribution in [0.3, 0.4) is 0 Å². The molecule has 2 amide bonds. The van der Waals surface area contributed by atoms with Crippen molar-refractivity contribution in [1.82, 2.24) is 19.9 Å². The van der Waals surface area contributed by atoms with E-state index < -0.39 is 40.2 Å². The van der Waals surface area contributed by atoms with E-state index in [9.17, 15) is 33.4 Å². The van der Waals surface area contributed by atoms with E-state index >= 15 is 0 Å². The number of aliphatic hydroxyl groups is 1. The number of halogens is 2. The molecule has 1 aromatic heterocycles. The van der Waals surface area contributed by atoms with E-state index in [1.165, 1.54) is 16.6 Å². The molecule has 9 nitrogen and oxygen atoms in total. The summed E-state index contributed by atoms with van der Waals surface area (Å²) in [7, 11) is 1.47. The first-order valence-corrected chi connectivity index (χ1v) is 9.49. The zero-order valence-corrected chi connectivity index (χ0v) is 16.9. The minimum absolute atomic E-state index is 0.0119. The van der Waals surface area contributed by atoms with E-state index in [0.29, 0.717) is 12.5 Å². The summed E-state index contributed by atoms with van der Waals surface area (Å²) in [6.45, 7) is 1.42. The fraction of sp³-hybridized carbons (Fsp3) is 0.350. The van der Waals surface area contributed by atoms with E-state index in [1.807, 2.05) is 0 Å². The van der Waals surface area contributed by atoms with Gasteiger partial charge in [-0.15, -0.1) is 0 Å². The molecule has 2 heterocycles. The summed E-state index contributed by atoms with van der Waals surface area (Å²) >= 11 is 0. The van der Waals surface area contributed by atoms with Crippen molar-refractivity contribution in [3.05, 3.63) is 63.1 Å². The van der Waals surface area contributed by atoms with E-state index in [4.69, 9.17) is 0 Å². The summed E-state index contributed by atoms with van der Waals surface area (Å²) in [5.41, 5.74) is -1.73. The maximum atomic E-state index is 13.8. The number of aliphatic hydroxyl groups excluding tert-OH is 1. The largest absolute Gasteiger partial charge is 0.503 e. The molecule has 0 saturated carbocycles. The monoisotopic (exact) mass is 436 g/mol. The van der Waals surface area contributed by atoms with Gasteiger partial charge in [-0.3, -0.25) is 19.4 Å². The third-order valence-corrected chi connectivity index (χ3v) is 5.19. The highest BCUT2D eigenvalue weighted by atomic mass is 19.1. The van der Waals surface area contributed by atoms with Crippen LogP contribution >= 0.6 is 0 Å². The molecule has 0 saturated heterocycles. The van der Waals surface area contributed by atoms with Gasteiger partial charge in [-0.25, -0.2) is 8.78 Å². The Balaban J connectivity index is 1.90. The molecular formula is C20H22F2N4O5. The van der Waals surface area contributed by atoms with Gasteiger partial charge in [0.05, 0.1) is 6.67 Å². The maximum absolute atomic E-state index is 13.8. The fourth-order valence-corrected chi connectivity index (χ4v) is 3.38. The Kier molecular flexibility index (Phi) is 6.37. The third kappa shape index (κ3) is 4.28. The molecule has 31 heavy (non-hydrogen) atoms. The molecule has 0 fully saturated rings. The van der Waals surface area contributed by atoms with Crippen LogP contribution in [-0.2, 0) is 13.2 Å². The number of hydrogen-bond acceptors (Lipinski definition) is 6. The number of carbonyl (C=O) groups is 2. The van der Waals surface area contributed by atoms with Crippen molar-refractivity contribution in [2.75, 3.05) is 13.7 Å². The van der Waals surface area contributed by atoms with Crippen molar-refractivity contribution in [2.45, 2.75) is 32.6 Å². The topological polar surface area (TPSA) is 115 Å². The highest BCUT2D eigenvalue weighted by Crippen LogP contribution is 2.24. The van der Waals surface area contributed by atoms with Crippen LogP contribution in [-0.4, -0.2) is 56.3 Å². The highest BCUT2D eigenvalue weighted by Gasteiger charge is 2.35. The van der Waals surface area contributed by atoms with Crippen LogP contribution in [0.5, 0.6) is 5.75 Å². The van der Waals surface area contributed by atoms with Gasteiger partial charge in [-0.1, -0.05) is 6.07 Å². The molecule has 166 valence electrons. The Morgan fingerprint density at radius 2 is 2.00 bits per heavy atom. The number of nitrogens with zero attached hydrogens (tertiary/aromatic N) is 3. The van der Waals surface area contributed by atoms with Crippen LogP contribution in [0.4, 0.5) is 8.78 Å². The SMILES string of the molecule is CC(CCO)N1Cn2cc(C(=O)NCc3ccc(F)cc3F)c(=O)c(O)c2C(=O)N1C. The van der Waals surface area contributed by atoms with Crippen LogP contribution < -0.4 is 10.7 Å². The van der Waals surface area contributed by atoms with Gasteiger partial charge in [0, 0.05) is 44.1 Å². The van der Waals surface area contributed by atoms with Crippen molar-refractivity contribution in [2.24, 2.45) is 0 Å². The predicted octanol–water partition coefficient (Wildman–Crippen LogP) is 0.793. The summed E-state index contributed by atoms with van der Waals surface area (Å²) in [5.74, 6) is -4.02. The van der Waals surface area contributed by atoms with Crippen molar-refractivity contribution in [3.63, 3.8) is 0 Å². The van der Waals surface area contributed by atoms with E-state index in [1.54, 1.807) is 11.9 Å². The first-order valence-electron chi connectivity index (χ1n) is 9.49. The van der Waals surface area contributed by atoms with Gasteiger partial charge in [0.2, 0.25) is 5.43 Å². The number of nitrogens with one attached hydrogen (secondary N) is 1. The number of rotatable bonds is 6. The first-order chi connectivity index (χ1) is 14.6. The lowest BCUT2D eigenvalue weighted by Crippen LogP contribution is -2.54. The Bertz CT molecular complexity index is 1090. The Labute approximate surface area is 176 Å². The molecule has 1 unspecified atom stereocenters. The molecule has 3 rings (SSSR count). The fourth-order valence-electron chi connectivity index (χ4n) is 3.38. The molecule has 11 heteroatoms. The number of pyridine rings is 1. The number of benzene rings is 1. The molecule has 0 radical (unpaired) electrons. The summed E-state index contributed by atoms with van der Waals surface area (Å²) in [5, 5.41) is 24.7. The second-order valence-corrected chi connectivity index (χ2v) is 7.23. The van der Waals surface area contributed by atoms with E-state index in [2.05, 4.69) is 5.32 Å². The van der Waals surface area contributed by atoms with Crippen LogP contribution in [0.25, 0.3) is 0 Å². The lowest BCUT2D eigenvalue weighted by atomic mass is 10.1. The highest BCUT2D eigenvalue weighted by molar-refractivity contribution is 5.98. The van der Waals surface area contributed by atoms with Gasteiger partial charge in [-0.2, -0.15) is 5.01 Å². The Morgan fingerprint density at radius 1 is 1.29 bits per heavy atom. The molecule has 3 N–H and O–H groups in total. The third-order valence-electron chi connectivity index (χ3n) is 5.19.